The first-order chi connectivity index (χ1) is 5.40. The normalized spacial score (nSPS) is 14.3. The molecule has 0 bridgehead atoms. The topological polar surface area (TPSA) is 0 Å². The molecule has 1 heteroatoms. The molecule has 0 spiro atoms. The summed E-state index contributed by atoms with van der Waals surface area (Å²) in [6.07, 6.45) is 3.64. The van der Waals surface area contributed by atoms with Gasteiger partial charge in [0.1, 0.15) is 0 Å². The molecule has 0 aliphatic carbocycles. The molecule has 1 aliphatic rings. The van der Waals surface area contributed by atoms with Crippen molar-refractivity contribution in [2.75, 3.05) is 0 Å². The number of aryl methyl sites for hydroxylation is 2. The summed E-state index contributed by atoms with van der Waals surface area (Å²) in [5, 5.41) is 0. The molecule has 0 saturated heterocycles. The molecule has 0 saturated carbocycles. The molecule has 1 aliphatic heterocycles. The zero-order valence-electron chi connectivity index (χ0n) is 6.93. The van der Waals surface area contributed by atoms with Crippen LogP contribution in [0.5, 0.6) is 0 Å². The van der Waals surface area contributed by atoms with E-state index in [0.717, 1.165) is 6.42 Å². The van der Waals surface area contributed by atoms with Crippen LogP contribution in [0.4, 0.5) is 0 Å². The van der Waals surface area contributed by atoms with Gasteiger partial charge in [-0.3, -0.25) is 0 Å². The van der Waals surface area contributed by atoms with Crippen LogP contribution in [0.1, 0.15) is 18.1 Å². The number of hydrogen-bond donors (Lipinski definition) is 0. The highest BCUT2D eigenvalue weighted by Gasteiger charge is 2.10. The second-order valence-electron chi connectivity index (χ2n) is 3.13. The van der Waals surface area contributed by atoms with Gasteiger partial charge in [-0.2, -0.15) is 0 Å². The lowest BCUT2D eigenvalue weighted by Gasteiger charge is -2.01. The van der Waals surface area contributed by atoms with Gasteiger partial charge in [0.05, 0.1) is 0 Å². The van der Waals surface area contributed by atoms with Gasteiger partial charge in [0.2, 0.25) is 0 Å². The molecule has 0 aromatic heterocycles. The second kappa shape index (κ2) is 2.73. The van der Waals surface area contributed by atoms with E-state index in [1.54, 1.807) is 0 Å². The molecular weight excluding hydrogens is 131 g/mol. The molecule has 0 fully saturated rings. The van der Waals surface area contributed by atoms with Crippen molar-refractivity contribution >= 4 is 12.7 Å². The summed E-state index contributed by atoms with van der Waals surface area (Å²) in [5.41, 5.74) is 4.47. The van der Waals surface area contributed by atoms with Crippen LogP contribution < -0.4 is 5.46 Å². The molecule has 1 radical (unpaired) electrons. The van der Waals surface area contributed by atoms with E-state index < -0.39 is 0 Å². The van der Waals surface area contributed by atoms with Crippen LogP contribution in [0.2, 0.25) is 6.32 Å². The third kappa shape index (κ3) is 1.20. The first-order valence-electron chi connectivity index (χ1n) is 4.35. The Balaban J connectivity index is 2.41. The fourth-order valence-corrected chi connectivity index (χ4v) is 1.67. The highest BCUT2D eigenvalue weighted by atomic mass is 14.0. The average Bonchev–Trinajstić information content (AvgIpc) is 2.50. The van der Waals surface area contributed by atoms with E-state index in [1.807, 2.05) is 0 Å². The lowest BCUT2D eigenvalue weighted by molar-refractivity contribution is 1.13. The summed E-state index contributed by atoms with van der Waals surface area (Å²) < 4.78 is 0. The number of fused-ring (bicyclic) bond motifs is 1. The molecule has 1 aromatic rings. The molecule has 0 unspecified atom stereocenters. The van der Waals surface area contributed by atoms with Gasteiger partial charge in [0.15, 0.2) is 7.28 Å². The molecule has 0 nitrogen and oxygen atoms in total. The van der Waals surface area contributed by atoms with E-state index in [0.29, 0.717) is 0 Å². The summed E-state index contributed by atoms with van der Waals surface area (Å²) in [7, 11) is 2.34. The molecule has 11 heavy (non-hydrogen) atoms. The fraction of sp³-hybridized carbons (Fsp3) is 0.400. The van der Waals surface area contributed by atoms with E-state index in [1.165, 1.54) is 29.3 Å². The Morgan fingerprint density at radius 3 is 3.18 bits per heavy atom. The minimum Gasteiger partial charge on any atom is -0.0844 e. The number of hydrogen-bond acceptors (Lipinski definition) is 0. The van der Waals surface area contributed by atoms with Crippen molar-refractivity contribution < 1.29 is 0 Å². The first-order valence-corrected chi connectivity index (χ1v) is 4.35. The minimum atomic E-state index is 1.15. The van der Waals surface area contributed by atoms with E-state index in [9.17, 15) is 0 Å². The van der Waals surface area contributed by atoms with E-state index in [2.05, 4.69) is 32.4 Å². The minimum absolute atomic E-state index is 1.15. The van der Waals surface area contributed by atoms with Crippen LogP contribution in [0.15, 0.2) is 18.2 Å². The van der Waals surface area contributed by atoms with Crippen molar-refractivity contribution in [2.45, 2.75) is 26.1 Å². The van der Waals surface area contributed by atoms with Gasteiger partial charge in [-0.1, -0.05) is 42.5 Å². The zero-order valence-corrected chi connectivity index (χ0v) is 6.93. The van der Waals surface area contributed by atoms with Crippen molar-refractivity contribution in [2.24, 2.45) is 0 Å². The Morgan fingerprint density at radius 2 is 2.36 bits per heavy atom. The second-order valence-corrected chi connectivity index (χ2v) is 3.13. The Kier molecular flexibility index (Phi) is 1.73. The standard InChI is InChI=1S/C10H12B/c1-2-8-3-4-9-5-6-11-10(9)7-8/h3-4,7H,2,5-6H2,1H3. The molecule has 1 heterocycles. The van der Waals surface area contributed by atoms with E-state index in [-0.39, 0.29) is 0 Å². The van der Waals surface area contributed by atoms with Crippen LogP contribution in [0, 0.1) is 0 Å². The van der Waals surface area contributed by atoms with Gasteiger partial charge in [-0.05, 0) is 18.4 Å². The van der Waals surface area contributed by atoms with Gasteiger partial charge < -0.3 is 0 Å². The third-order valence-electron chi connectivity index (χ3n) is 2.40. The van der Waals surface area contributed by atoms with Gasteiger partial charge in [-0.25, -0.2) is 0 Å². The highest BCUT2D eigenvalue weighted by molar-refractivity contribution is 6.55. The summed E-state index contributed by atoms with van der Waals surface area (Å²) in [5.74, 6) is 0. The van der Waals surface area contributed by atoms with Gasteiger partial charge in [0, 0.05) is 0 Å². The van der Waals surface area contributed by atoms with Crippen LogP contribution in [0.25, 0.3) is 0 Å². The van der Waals surface area contributed by atoms with Crippen LogP contribution >= 0.6 is 0 Å². The van der Waals surface area contributed by atoms with Gasteiger partial charge >= 0.3 is 0 Å². The van der Waals surface area contributed by atoms with Crippen LogP contribution in [-0.2, 0) is 12.8 Å². The maximum absolute atomic E-state index is 2.34. The smallest absolute Gasteiger partial charge is 0.0844 e. The monoisotopic (exact) mass is 143 g/mol. The number of rotatable bonds is 1. The maximum atomic E-state index is 2.34. The maximum Gasteiger partial charge on any atom is 0.152 e. The highest BCUT2D eigenvalue weighted by Crippen LogP contribution is 2.10. The predicted molar refractivity (Wildman–Crippen MR) is 49.7 cm³/mol. The molecule has 0 amide bonds. The third-order valence-corrected chi connectivity index (χ3v) is 2.40. The lowest BCUT2D eigenvalue weighted by atomic mass is 9.72. The largest absolute Gasteiger partial charge is 0.152 e. The Hall–Kier alpha value is -0.715. The van der Waals surface area contributed by atoms with Gasteiger partial charge in [0.25, 0.3) is 0 Å². The van der Waals surface area contributed by atoms with Crippen molar-refractivity contribution in [3.05, 3.63) is 29.3 Å². The van der Waals surface area contributed by atoms with Crippen LogP contribution in [0.3, 0.4) is 0 Å². The van der Waals surface area contributed by atoms with Crippen molar-refractivity contribution in [1.82, 2.24) is 0 Å². The average molecular weight is 143 g/mol. The molecular formula is C10H12B. The Bertz CT molecular complexity index is 266. The molecule has 1 aromatic carbocycles. The molecule has 0 N–H and O–H groups in total. The quantitative estimate of drug-likeness (QED) is 0.523. The summed E-state index contributed by atoms with van der Waals surface area (Å²) in [4.78, 5) is 0. The summed E-state index contributed by atoms with van der Waals surface area (Å²) in [6.45, 7) is 2.21. The van der Waals surface area contributed by atoms with Crippen molar-refractivity contribution in [3.63, 3.8) is 0 Å². The lowest BCUT2D eigenvalue weighted by Crippen LogP contribution is -2.10. The fourth-order valence-electron chi connectivity index (χ4n) is 1.67. The summed E-state index contributed by atoms with van der Waals surface area (Å²) >= 11 is 0. The zero-order chi connectivity index (χ0) is 7.68. The van der Waals surface area contributed by atoms with Crippen molar-refractivity contribution in [3.8, 4) is 0 Å². The Labute approximate surface area is 68.9 Å². The van der Waals surface area contributed by atoms with Gasteiger partial charge in [-0.15, -0.1) is 0 Å². The molecule has 0 atom stereocenters. The Morgan fingerprint density at radius 1 is 1.45 bits per heavy atom. The molecule has 55 valence electrons. The van der Waals surface area contributed by atoms with E-state index >= 15 is 0 Å². The number of benzene rings is 1. The van der Waals surface area contributed by atoms with E-state index in [4.69, 9.17) is 0 Å². The first kappa shape index (κ1) is 6.96. The van der Waals surface area contributed by atoms with Crippen molar-refractivity contribution in [1.29, 1.82) is 0 Å². The molecule has 2 rings (SSSR count). The van der Waals surface area contributed by atoms with Crippen LogP contribution in [-0.4, -0.2) is 7.28 Å². The predicted octanol–water partition coefficient (Wildman–Crippen LogP) is 1.55. The SMILES string of the molecule is CCc1ccc2c(c1)[B]CC2. The summed E-state index contributed by atoms with van der Waals surface area (Å²) in [6, 6.07) is 6.85.